The van der Waals surface area contributed by atoms with Gasteiger partial charge in [0.05, 0.1) is 7.11 Å². The molecule has 3 heteroatoms. The van der Waals surface area contributed by atoms with Crippen molar-refractivity contribution in [1.82, 2.24) is 4.90 Å². The number of methoxy groups -OCH3 is 1. The molecular formula is C19H21NO2. The molecule has 0 amide bonds. The maximum absolute atomic E-state index is 12.2. The molecule has 2 rings (SSSR count). The summed E-state index contributed by atoms with van der Waals surface area (Å²) in [7, 11) is 5.68. The molecule has 0 aliphatic carbocycles. The van der Waals surface area contributed by atoms with Crippen LogP contribution in [-0.4, -0.2) is 31.9 Å². The van der Waals surface area contributed by atoms with Gasteiger partial charge in [-0.3, -0.25) is 4.79 Å². The zero-order valence-corrected chi connectivity index (χ0v) is 13.2. The van der Waals surface area contributed by atoms with Crippen molar-refractivity contribution in [2.24, 2.45) is 0 Å². The molecule has 0 saturated heterocycles. The van der Waals surface area contributed by atoms with E-state index in [-0.39, 0.29) is 5.78 Å². The topological polar surface area (TPSA) is 29.5 Å². The number of benzene rings is 2. The van der Waals surface area contributed by atoms with E-state index in [1.807, 2.05) is 68.7 Å². The van der Waals surface area contributed by atoms with Crippen LogP contribution in [0.4, 0.5) is 0 Å². The zero-order chi connectivity index (χ0) is 15.9. The van der Waals surface area contributed by atoms with Gasteiger partial charge in [0.25, 0.3) is 0 Å². The molecule has 0 unspecified atom stereocenters. The lowest BCUT2D eigenvalue weighted by Gasteiger charge is -2.09. The first-order valence-corrected chi connectivity index (χ1v) is 7.18. The van der Waals surface area contributed by atoms with Gasteiger partial charge in [0, 0.05) is 12.1 Å². The zero-order valence-electron chi connectivity index (χ0n) is 13.2. The first kappa shape index (κ1) is 16.0. The molecule has 0 aromatic heterocycles. The standard InChI is InChI=1S/C19H21NO2/c1-20(2)14-16-4-9-17(10-5-16)19(21)13-8-15-6-11-18(22-3)12-7-15/h4-13H,14H2,1-3H3/b13-8+. The van der Waals surface area contributed by atoms with Crippen molar-refractivity contribution in [2.75, 3.05) is 21.2 Å². The lowest BCUT2D eigenvalue weighted by atomic mass is 10.1. The molecule has 0 saturated carbocycles. The Bertz CT molecular complexity index is 640. The maximum Gasteiger partial charge on any atom is 0.185 e. The number of hydrogen-bond acceptors (Lipinski definition) is 3. The summed E-state index contributed by atoms with van der Waals surface area (Å²) in [6, 6.07) is 15.3. The first-order chi connectivity index (χ1) is 10.6. The molecule has 0 aliphatic rings. The largest absolute Gasteiger partial charge is 0.497 e. The van der Waals surface area contributed by atoms with Crippen LogP contribution < -0.4 is 4.74 Å². The number of rotatable bonds is 6. The fourth-order valence-electron chi connectivity index (χ4n) is 2.12. The van der Waals surface area contributed by atoms with Crippen molar-refractivity contribution in [1.29, 1.82) is 0 Å². The Kier molecular flexibility index (Phi) is 5.50. The molecule has 0 N–H and O–H groups in total. The second-order valence-corrected chi connectivity index (χ2v) is 5.41. The maximum atomic E-state index is 12.2. The van der Waals surface area contributed by atoms with E-state index in [0.717, 1.165) is 17.9 Å². The monoisotopic (exact) mass is 295 g/mol. The van der Waals surface area contributed by atoms with Crippen LogP contribution in [0.25, 0.3) is 6.08 Å². The molecule has 22 heavy (non-hydrogen) atoms. The van der Waals surface area contributed by atoms with Crippen molar-refractivity contribution in [3.63, 3.8) is 0 Å². The molecule has 2 aromatic rings. The third-order valence-corrected chi connectivity index (χ3v) is 3.28. The Hall–Kier alpha value is -2.39. The summed E-state index contributed by atoms with van der Waals surface area (Å²) in [6.07, 6.45) is 3.41. The lowest BCUT2D eigenvalue weighted by molar-refractivity contribution is 0.104. The molecular weight excluding hydrogens is 274 g/mol. The molecule has 114 valence electrons. The van der Waals surface area contributed by atoms with Gasteiger partial charge in [0.15, 0.2) is 5.78 Å². The summed E-state index contributed by atoms with van der Waals surface area (Å²) in [4.78, 5) is 14.3. The summed E-state index contributed by atoms with van der Waals surface area (Å²) >= 11 is 0. The third kappa shape index (κ3) is 4.57. The van der Waals surface area contributed by atoms with Crippen LogP contribution in [0.3, 0.4) is 0 Å². The van der Waals surface area contributed by atoms with Crippen molar-refractivity contribution in [3.05, 3.63) is 71.3 Å². The van der Waals surface area contributed by atoms with E-state index in [4.69, 9.17) is 4.74 Å². The van der Waals surface area contributed by atoms with Crippen LogP contribution in [0, 0.1) is 0 Å². The molecule has 0 aliphatic heterocycles. The molecule has 0 spiro atoms. The number of allylic oxidation sites excluding steroid dienone is 1. The highest BCUT2D eigenvalue weighted by molar-refractivity contribution is 6.06. The second-order valence-electron chi connectivity index (χ2n) is 5.41. The van der Waals surface area contributed by atoms with E-state index >= 15 is 0 Å². The van der Waals surface area contributed by atoms with Gasteiger partial charge in [0.1, 0.15) is 5.75 Å². The van der Waals surface area contributed by atoms with Crippen LogP contribution in [0.5, 0.6) is 5.75 Å². The fourth-order valence-corrected chi connectivity index (χ4v) is 2.12. The van der Waals surface area contributed by atoms with Gasteiger partial charge in [-0.1, -0.05) is 42.5 Å². The van der Waals surface area contributed by atoms with Crippen LogP contribution in [0.15, 0.2) is 54.6 Å². The molecule has 2 aromatic carbocycles. The van der Waals surface area contributed by atoms with Crippen molar-refractivity contribution in [3.8, 4) is 5.75 Å². The van der Waals surface area contributed by atoms with Crippen molar-refractivity contribution >= 4 is 11.9 Å². The first-order valence-electron chi connectivity index (χ1n) is 7.18. The van der Waals surface area contributed by atoms with Gasteiger partial charge >= 0.3 is 0 Å². The Labute approximate surface area is 131 Å². The van der Waals surface area contributed by atoms with E-state index in [2.05, 4.69) is 4.90 Å². The molecule has 0 bridgehead atoms. The summed E-state index contributed by atoms with van der Waals surface area (Å²) < 4.78 is 5.11. The van der Waals surface area contributed by atoms with Crippen molar-refractivity contribution < 1.29 is 9.53 Å². The van der Waals surface area contributed by atoms with E-state index in [0.29, 0.717) is 5.56 Å². The second kappa shape index (κ2) is 7.57. The number of ketones is 1. The summed E-state index contributed by atoms with van der Waals surface area (Å²) in [5.74, 6) is 0.812. The van der Waals surface area contributed by atoms with Gasteiger partial charge in [-0.05, 0) is 43.4 Å². The van der Waals surface area contributed by atoms with Crippen LogP contribution in [0.1, 0.15) is 21.5 Å². The number of carbonyl (C=O) groups is 1. The Morgan fingerprint density at radius 2 is 1.68 bits per heavy atom. The quantitative estimate of drug-likeness (QED) is 0.602. The predicted octanol–water partition coefficient (Wildman–Crippen LogP) is 3.65. The summed E-state index contributed by atoms with van der Waals surface area (Å²) in [6.45, 7) is 0.871. The van der Waals surface area contributed by atoms with Crippen LogP contribution >= 0.6 is 0 Å². The highest BCUT2D eigenvalue weighted by atomic mass is 16.5. The van der Waals surface area contributed by atoms with Gasteiger partial charge in [-0.2, -0.15) is 0 Å². The fraction of sp³-hybridized carbons (Fsp3) is 0.211. The van der Waals surface area contributed by atoms with E-state index in [1.54, 1.807) is 13.2 Å². The number of ether oxygens (including phenoxy) is 1. The van der Waals surface area contributed by atoms with Gasteiger partial charge in [0.2, 0.25) is 0 Å². The smallest absolute Gasteiger partial charge is 0.185 e. The predicted molar refractivity (Wildman–Crippen MR) is 90.2 cm³/mol. The average Bonchev–Trinajstić information content (AvgIpc) is 2.53. The van der Waals surface area contributed by atoms with Gasteiger partial charge in [-0.25, -0.2) is 0 Å². The van der Waals surface area contributed by atoms with E-state index in [9.17, 15) is 4.79 Å². The average molecular weight is 295 g/mol. The highest BCUT2D eigenvalue weighted by Gasteiger charge is 2.02. The van der Waals surface area contributed by atoms with Crippen LogP contribution in [-0.2, 0) is 6.54 Å². The summed E-state index contributed by atoms with van der Waals surface area (Å²) in [5.41, 5.74) is 2.87. The molecule has 0 fully saturated rings. The summed E-state index contributed by atoms with van der Waals surface area (Å²) in [5, 5.41) is 0. The SMILES string of the molecule is COc1ccc(/C=C/C(=O)c2ccc(CN(C)C)cc2)cc1. The van der Waals surface area contributed by atoms with E-state index < -0.39 is 0 Å². The minimum Gasteiger partial charge on any atom is -0.497 e. The highest BCUT2D eigenvalue weighted by Crippen LogP contribution is 2.13. The normalized spacial score (nSPS) is 11.1. The minimum atomic E-state index is 0.00669. The Morgan fingerprint density at radius 3 is 2.23 bits per heavy atom. The number of nitrogens with zero attached hydrogens (tertiary/aromatic N) is 1. The third-order valence-electron chi connectivity index (χ3n) is 3.28. The molecule has 0 radical (unpaired) electrons. The minimum absolute atomic E-state index is 0.00669. The van der Waals surface area contributed by atoms with E-state index in [1.165, 1.54) is 5.56 Å². The molecule has 0 atom stereocenters. The van der Waals surface area contributed by atoms with Crippen LogP contribution in [0.2, 0.25) is 0 Å². The number of hydrogen-bond donors (Lipinski definition) is 0. The Morgan fingerprint density at radius 1 is 1.05 bits per heavy atom. The lowest BCUT2D eigenvalue weighted by Crippen LogP contribution is -2.10. The van der Waals surface area contributed by atoms with Crippen molar-refractivity contribution in [2.45, 2.75) is 6.54 Å². The molecule has 3 nitrogen and oxygen atoms in total. The number of carbonyl (C=O) groups excluding carboxylic acids is 1. The Balaban J connectivity index is 2.02. The molecule has 0 heterocycles. The van der Waals surface area contributed by atoms with Gasteiger partial charge in [-0.15, -0.1) is 0 Å². The van der Waals surface area contributed by atoms with Gasteiger partial charge < -0.3 is 9.64 Å².